The number of anilines is 1. The molecule has 1 saturated heterocycles. The molecule has 0 atom stereocenters. The van der Waals surface area contributed by atoms with Crippen molar-refractivity contribution in [3.05, 3.63) is 48.0 Å². The SMILES string of the molecule is CCn1c(Cn2ccnc2C)nnc1C1CCN(c2ccnc(C)n2)CC1. The third-order valence-corrected chi connectivity index (χ3v) is 5.35. The largest absolute Gasteiger partial charge is 0.356 e. The summed E-state index contributed by atoms with van der Waals surface area (Å²) in [6, 6.07) is 1.99. The summed E-state index contributed by atoms with van der Waals surface area (Å²) >= 11 is 0. The van der Waals surface area contributed by atoms with Crippen molar-refractivity contribution in [3.8, 4) is 0 Å². The van der Waals surface area contributed by atoms with Crippen molar-refractivity contribution in [1.29, 1.82) is 0 Å². The second-order valence-corrected chi connectivity index (χ2v) is 7.04. The van der Waals surface area contributed by atoms with Crippen molar-refractivity contribution in [2.45, 2.75) is 52.6 Å². The molecular formula is C19H26N8. The van der Waals surface area contributed by atoms with Gasteiger partial charge in [-0.05, 0) is 39.7 Å². The molecule has 3 aromatic rings. The molecule has 1 fully saturated rings. The van der Waals surface area contributed by atoms with Crippen molar-refractivity contribution in [1.82, 2.24) is 34.3 Å². The molecule has 0 aliphatic carbocycles. The number of rotatable bonds is 5. The molecule has 1 aliphatic heterocycles. The van der Waals surface area contributed by atoms with Crippen LogP contribution >= 0.6 is 0 Å². The Hall–Kier alpha value is -2.77. The minimum absolute atomic E-state index is 0.439. The molecule has 0 bridgehead atoms. The molecule has 1 aliphatic rings. The van der Waals surface area contributed by atoms with Gasteiger partial charge in [-0.15, -0.1) is 10.2 Å². The first-order chi connectivity index (χ1) is 13.2. The Bertz CT molecular complexity index is 904. The van der Waals surface area contributed by atoms with Crippen LogP contribution in [0.25, 0.3) is 0 Å². The fraction of sp³-hybridized carbons (Fsp3) is 0.526. The van der Waals surface area contributed by atoms with Crippen LogP contribution in [0.1, 0.15) is 49.0 Å². The lowest BCUT2D eigenvalue weighted by Crippen LogP contribution is -2.34. The lowest BCUT2D eigenvalue weighted by atomic mass is 9.96. The van der Waals surface area contributed by atoms with Gasteiger partial charge >= 0.3 is 0 Å². The first-order valence-corrected chi connectivity index (χ1v) is 9.60. The number of aryl methyl sites for hydroxylation is 2. The van der Waals surface area contributed by atoms with Crippen LogP contribution in [0.2, 0.25) is 0 Å². The summed E-state index contributed by atoms with van der Waals surface area (Å²) in [5, 5.41) is 9.06. The molecule has 0 radical (unpaired) electrons. The summed E-state index contributed by atoms with van der Waals surface area (Å²) in [6.07, 6.45) is 7.78. The smallest absolute Gasteiger partial charge is 0.153 e. The third kappa shape index (κ3) is 3.56. The van der Waals surface area contributed by atoms with E-state index in [1.54, 1.807) is 0 Å². The summed E-state index contributed by atoms with van der Waals surface area (Å²) in [4.78, 5) is 15.4. The second-order valence-electron chi connectivity index (χ2n) is 7.04. The Morgan fingerprint density at radius 2 is 1.89 bits per heavy atom. The predicted octanol–water partition coefficient (Wildman–Crippen LogP) is 2.33. The van der Waals surface area contributed by atoms with Crippen molar-refractivity contribution in [3.63, 3.8) is 0 Å². The van der Waals surface area contributed by atoms with Gasteiger partial charge in [0.2, 0.25) is 0 Å². The average molecular weight is 366 g/mol. The van der Waals surface area contributed by atoms with E-state index in [1.165, 1.54) is 0 Å². The van der Waals surface area contributed by atoms with Gasteiger partial charge < -0.3 is 14.0 Å². The molecule has 0 amide bonds. The number of hydrogen-bond donors (Lipinski definition) is 0. The fourth-order valence-corrected chi connectivity index (χ4v) is 3.82. The molecule has 4 rings (SSSR count). The van der Waals surface area contributed by atoms with Gasteiger partial charge in [-0.25, -0.2) is 15.0 Å². The van der Waals surface area contributed by atoms with Gasteiger partial charge in [-0.3, -0.25) is 0 Å². The van der Waals surface area contributed by atoms with Gasteiger partial charge in [-0.1, -0.05) is 0 Å². The zero-order valence-electron chi connectivity index (χ0n) is 16.2. The zero-order chi connectivity index (χ0) is 18.8. The first kappa shape index (κ1) is 17.6. The maximum Gasteiger partial charge on any atom is 0.153 e. The lowest BCUT2D eigenvalue weighted by molar-refractivity contribution is 0.461. The summed E-state index contributed by atoms with van der Waals surface area (Å²) < 4.78 is 4.38. The maximum atomic E-state index is 4.57. The van der Waals surface area contributed by atoms with E-state index in [0.717, 1.165) is 61.6 Å². The molecule has 142 valence electrons. The van der Waals surface area contributed by atoms with E-state index in [1.807, 2.05) is 38.5 Å². The van der Waals surface area contributed by atoms with Crippen LogP contribution in [0, 0.1) is 13.8 Å². The molecule has 0 spiro atoms. The fourth-order valence-electron chi connectivity index (χ4n) is 3.82. The number of piperidine rings is 1. The Kier molecular flexibility index (Phi) is 4.87. The van der Waals surface area contributed by atoms with E-state index in [-0.39, 0.29) is 0 Å². The molecule has 0 aromatic carbocycles. The van der Waals surface area contributed by atoms with Crippen LogP contribution < -0.4 is 4.90 Å². The molecule has 0 unspecified atom stereocenters. The van der Waals surface area contributed by atoms with E-state index in [4.69, 9.17) is 0 Å². The first-order valence-electron chi connectivity index (χ1n) is 9.60. The number of aromatic nitrogens is 7. The predicted molar refractivity (Wildman–Crippen MR) is 103 cm³/mol. The molecule has 3 aromatic heterocycles. The summed E-state index contributed by atoms with van der Waals surface area (Å²) in [6.45, 7) is 9.67. The minimum Gasteiger partial charge on any atom is -0.356 e. The quantitative estimate of drug-likeness (QED) is 0.690. The van der Waals surface area contributed by atoms with Gasteiger partial charge in [-0.2, -0.15) is 0 Å². The molecule has 0 N–H and O–H groups in total. The van der Waals surface area contributed by atoms with E-state index >= 15 is 0 Å². The van der Waals surface area contributed by atoms with Crippen molar-refractivity contribution < 1.29 is 0 Å². The zero-order valence-corrected chi connectivity index (χ0v) is 16.2. The molecule has 27 heavy (non-hydrogen) atoms. The van der Waals surface area contributed by atoms with Crippen molar-refractivity contribution in [2.24, 2.45) is 0 Å². The van der Waals surface area contributed by atoms with Gasteiger partial charge in [0.25, 0.3) is 0 Å². The van der Waals surface area contributed by atoms with Crippen LogP contribution in [0.5, 0.6) is 0 Å². The highest BCUT2D eigenvalue weighted by molar-refractivity contribution is 5.38. The van der Waals surface area contributed by atoms with Gasteiger partial charge in [0.05, 0.1) is 6.54 Å². The van der Waals surface area contributed by atoms with E-state index in [9.17, 15) is 0 Å². The normalized spacial score (nSPS) is 15.4. The van der Waals surface area contributed by atoms with Crippen LogP contribution in [0.15, 0.2) is 24.7 Å². The summed E-state index contributed by atoms with van der Waals surface area (Å²) in [7, 11) is 0. The van der Waals surface area contributed by atoms with E-state index < -0.39 is 0 Å². The minimum atomic E-state index is 0.439. The summed E-state index contributed by atoms with van der Waals surface area (Å²) in [5.74, 6) is 5.39. The highest BCUT2D eigenvalue weighted by Gasteiger charge is 2.26. The topological polar surface area (TPSA) is 77.5 Å². The number of nitrogens with zero attached hydrogens (tertiary/aromatic N) is 8. The highest BCUT2D eigenvalue weighted by Crippen LogP contribution is 2.29. The Morgan fingerprint density at radius 1 is 1.07 bits per heavy atom. The van der Waals surface area contributed by atoms with E-state index in [0.29, 0.717) is 12.5 Å². The monoisotopic (exact) mass is 366 g/mol. The number of hydrogen-bond acceptors (Lipinski definition) is 6. The van der Waals surface area contributed by atoms with Crippen molar-refractivity contribution >= 4 is 5.82 Å². The van der Waals surface area contributed by atoms with Crippen LogP contribution in [0.4, 0.5) is 5.82 Å². The van der Waals surface area contributed by atoms with Crippen molar-refractivity contribution in [2.75, 3.05) is 18.0 Å². The average Bonchev–Trinajstić information content (AvgIpc) is 3.28. The standard InChI is InChI=1S/C19H26N8/c1-4-27-18(13-26-12-9-21-15(26)3)23-24-19(27)16-6-10-25(11-7-16)17-5-8-20-14(2)22-17/h5,8-9,12,16H,4,6-7,10-11,13H2,1-3H3. The van der Waals surface area contributed by atoms with Crippen LogP contribution in [-0.2, 0) is 13.1 Å². The molecular weight excluding hydrogens is 340 g/mol. The van der Waals surface area contributed by atoms with E-state index in [2.05, 4.69) is 46.1 Å². The molecule has 0 saturated carbocycles. The van der Waals surface area contributed by atoms with Gasteiger partial charge in [0, 0.05) is 44.1 Å². The Morgan fingerprint density at radius 3 is 2.56 bits per heavy atom. The Balaban J connectivity index is 1.47. The maximum absolute atomic E-state index is 4.57. The molecule has 8 nitrogen and oxygen atoms in total. The van der Waals surface area contributed by atoms with Gasteiger partial charge in [0.1, 0.15) is 23.3 Å². The molecule has 8 heteroatoms. The Labute approximate surface area is 159 Å². The van der Waals surface area contributed by atoms with Crippen LogP contribution in [-0.4, -0.2) is 47.4 Å². The third-order valence-electron chi connectivity index (χ3n) is 5.35. The number of imidazole rings is 1. The lowest BCUT2D eigenvalue weighted by Gasteiger charge is -2.32. The van der Waals surface area contributed by atoms with Gasteiger partial charge in [0.15, 0.2) is 5.82 Å². The van der Waals surface area contributed by atoms with Crippen LogP contribution in [0.3, 0.4) is 0 Å². The molecule has 4 heterocycles. The highest BCUT2D eigenvalue weighted by atomic mass is 15.3. The summed E-state index contributed by atoms with van der Waals surface area (Å²) in [5.41, 5.74) is 0. The second kappa shape index (κ2) is 7.46.